The van der Waals surface area contributed by atoms with Gasteiger partial charge in [-0.2, -0.15) is 0 Å². The molecule has 290 valence electrons. The van der Waals surface area contributed by atoms with Crippen molar-refractivity contribution in [3.63, 3.8) is 0 Å². The van der Waals surface area contributed by atoms with Crippen molar-refractivity contribution in [3.8, 4) is 0 Å². The molecular formula is C41H65N5O6. The molecule has 1 aliphatic heterocycles. The number of carbonyl (C=O) groups excluding carboxylic acids is 6. The molecule has 4 N–H and O–H groups in total. The van der Waals surface area contributed by atoms with Gasteiger partial charge in [0.2, 0.25) is 17.6 Å². The van der Waals surface area contributed by atoms with Gasteiger partial charge in [-0.25, -0.2) is 4.79 Å². The maximum Gasteiger partial charge on any atom is 0.315 e. The van der Waals surface area contributed by atoms with Crippen LogP contribution < -0.4 is 21.3 Å². The first-order valence-electron chi connectivity index (χ1n) is 20.2. The molecule has 11 nitrogen and oxygen atoms in total. The lowest BCUT2D eigenvalue weighted by molar-refractivity contribution is -0.145. The Balaban J connectivity index is 1.42. The number of urea groups is 1. The summed E-state index contributed by atoms with van der Waals surface area (Å²) < 4.78 is 0. The van der Waals surface area contributed by atoms with E-state index in [-0.39, 0.29) is 41.9 Å². The zero-order valence-electron chi connectivity index (χ0n) is 32.5. The summed E-state index contributed by atoms with van der Waals surface area (Å²) >= 11 is 0. The Morgan fingerprint density at radius 3 is 2.10 bits per heavy atom. The van der Waals surface area contributed by atoms with Gasteiger partial charge < -0.3 is 26.2 Å². The first kappa shape index (κ1) is 40.0. The van der Waals surface area contributed by atoms with E-state index in [1.807, 2.05) is 27.7 Å². The molecule has 1 spiro atoms. The van der Waals surface area contributed by atoms with E-state index in [4.69, 9.17) is 0 Å². The number of rotatable bonds is 14. The van der Waals surface area contributed by atoms with Crippen molar-refractivity contribution in [1.29, 1.82) is 0 Å². The van der Waals surface area contributed by atoms with E-state index < -0.39 is 58.1 Å². The van der Waals surface area contributed by atoms with Gasteiger partial charge in [-0.05, 0) is 80.5 Å². The van der Waals surface area contributed by atoms with Crippen molar-refractivity contribution in [1.82, 2.24) is 26.2 Å². The van der Waals surface area contributed by atoms with Gasteiger partial charge in [0, 0.05) is 30.5 Å². The minimum atomic E-state index is -1.01. The Labute approximate surface area is 311 Å². The molecule has 0 radical (unpaired) electrons. The van der Waals surface area contributed by atoms with Crippen LogP contribution >= 0.6 is 0 Å². The van der Waals surface area contributed by atoms with Crippen LogP contribution in [0.5, 0.6) is 0 Å². The van der Waals surface area contributed by atoms with E-state index in [9.17, 15) is 24.0 Å². The molecule has 1 unspecified atom stereocenters. The summed E-state index contributed by atoms with van der Waals surface area (Å²) in [6, 6.07) is -3.11. The second kappa shape index (κ2) is 16.0. The van der Waals surface area contributed by atoms with Gasteiger partial charge in [0.25, 0.3) is 5.91 Å². The van der Waals surface area contributed by atoms with Gasteiger partial charge in [0.15, 0.2) is 0 Å². The number of amides is 5. The minimum absolute atomic E-state index is 0.0546. The molecule has 4 aliphatic carbocycles. The zero-order valence-corrected chi connectivity index (χ0v) is 32.5. The topological polar surface area (TPSA) is 154 Å². The van der Waals surface area contributed by atoms with Crippen LogP contribution in [0.4, 0.5) is 4.79 Å². The van der Waals surface area contributed by atoms with E-state index in [1.54, 1.807) is 4.90 Å². The third kappa shape index (κ3) is 8.59. The van der Waals surface area contributed by atoms with Crippen molar-refractivity contribution in [2.24, 2.45) is 28.1 Å². The molecule has 11 heteroatoms. The van der Waals surface area contributed by atoms with Gasteiger partial charge in [-0.3, -0.25) is 24.0 Å². The van der Waals surface area contributed by atoms with Crippen molar-refractivity contribution in [2.75, 3.05) is 13.1 Å². The molecular weight excluding hydrogens is 658 g/mol. The fraction of sp³-hybridized carbons (Fsp3) is 0.805. The van der Waals surface area contributed by atoms with Crippen LogP contribution in [0.1, 0.15) is 144 Å². The highest BCUT2D eigenvalue weighted by atomic mass is 16.2. The molecule has 0 bridgehead atoms. The van der Waals surface area contributed by atoms with E-state index in [1.165, 1.54) is 6.08 Å². The second-order valence-corrected chi connectivity index (χ2v) is 18.3. The number of carbonyl (C=O) groups is 6. The van der Waals surface area contributed by atoms with E-state index >= 15 is 4.79 Å². The molecule has 5 aliphatic rings. The van der Waals surface area contributed by atoms with E-state index in [0.29, 0.717) is 32.2 Å². The fourth-order valence-corrected chi connectivity index (χ4v) is 10.0. The molecule has 1 heterocycles. The van der Waals surface area contributed by atoms with Crippen molar-refractivity contribution in [2.45, 2.75) is 167 Å². The van der Waals surface area contributed by atoms with Crippen LogP contribution in [0, 0.1) is 28.1 Å². The average molecular weight is 724 g/mol. The quantitative estimate of drug-likeness (QED) is 0.137. The highest BCUT2D eigenvalue weighted by molar-refractivity contribution is 6.38. The molecule has 1 saturated heterocycles. The molecule has 0 aromatic rings. The lowest BCUT2D eigenvalue weighted by Crippen LogP contribution is -2.64. The first-order valence-corrected chi connectivity index (χ1v) is 20.2. The lowest BCUT2D eigenvalue weighted by Gasteiger charge is -2.44. The van der Waals surface area contributed by atoms with Crippen molar-refractivity contribution < 1.29 is 28.8 Å². The van der Waals surface area contributed by atoms with Gasteiger partial charge in [-0.1, -0.05) is 85.6 Å². The number of fused-ring (bicyclic) bond motifs is 2. The Hall–Kier alpha value is -3.24. The largest absolute Gasteiger partial charge is 0.346 e. The summed E-state index contributed by atoms with van der Waals surface area (Å²) in [6.07, 6.45) is 15.4. The number of hydrogen-bond acceptors (Lipinski definition) is 6. The summed E-state index contributed by atoms with van der Waals surface area (Å²) in [6.45, 7) is 13.9. The number of hydrogen-bond donors (Lipinski definition) is 4. The van der Waals surface area contributed by atoms with E-state index in [2.05, 4.69) is 34.8 Å². The molecule has 4 saturated carbocycles. The molecule has 52 heavy (non-hydrogen) atoms. The van der Waals surface area contributed by atoms with Crippen LogP contribution in [0.25, 0.3) is 0 Å². The monoisotopic (exact) mass is 723 g/mol. The Morgan fingerprint density at radius 2 is 1.52 bits per heavy atom. The fourth-order valence-electron chi connectivity index (χ4n) is 10.0. The highest BCUT2D eigenvalue weighted by Crippen LogP contribution is 2.66. The van der Waals surface area contributed by atoms with Gasteiger partial charge in [-0.15, -0.1) is 6.58 Å². The summed E-state index contributed by atoms with van der Waals surface area (Å²) in [5.74, 6) is -1.91. The van der Waals surface area contributed by atoms with Crippen molar-refractivity contribution >= 4 is 35.3 Å². The molecule has 5 fully saturated rings. The van der Waals surface area contributed by atoms with Crippen LogP contribution in [0.2, 0.25) is 0 Å². The Morgan fingerprint density at radius 1 is 0.885 bits per heavy atom. The third-order valence-electron chi connectivity index (χ3n) is 13.4. The number of nitrogens with one attached hydrogen (secondary N) is 4. The van der Waals surface area contributed by atoms with Gasteiger partial charge in [0.05, 0.1) is 6.04 Å². The van der Waals surface area contributed by atoms with Crippen LogP contribution in [0.15, 0.2) is 12.7 Å². The summed E-state index contributed by atoms with van der Waals surface area (Å²) in [4.78, 5) is 84.6. The Kier molecular flexibility index (Phi) is 12.3. The SMILES string of the molecule is C=CCNC(=O)C(=O)C(CCC)NC(=O)[C@@H]1[C@H]2CCC3(CC3)[C@H]2CN1C(=O)[C@@H](NC(=O)NC1(CC(=O)C(C)(C)C)CCCCC1)C1(C)CCCCC1. The summed E-state index contributed by atoms with van der Waals surface area (Å²) in [5.41, 5.74) is -1.58. The number of ketones is 2. The van der Waals surface area contributed by atoms with Crippen LogP contribution in [-0.2, 0) is 24.0 Å². The standard InChI is InChI=1S/C41H65N5O6/c1-7-15-29(32(48)35(50)42-24-8-2)43-34(49)31-27-16-21-40(22-23-40)28(27)26-46(31)36(51)33(39(6)17-11-9-12-18-39)44-37(52)45-41(19-13-10-14-20-41)25-30(47)38(3,4)5/h8,27-29,31,33H,2,7,9-26H2,1,3-6H3,(H,42,50)(H,43,49)(H2,44,45,52)/t27-,28-,29?,31-,33+/m0/s1. The Bertz CT molecular complexity index is 1390. The maximum absolute atomic E-state index is 15.1. The van der Waals surface area contributed by atoms with Crippen LogP contribution in [-0.4, -0.2) is 77.0 Å². The highest BCUT2D eigenvalue weighted by Gasteiger charge is 2.64. The molecule has 5 rings (SSSR count). The zero-order chi connectivity index (χ0) is 37.9. The predicted molar refractivity (Wildman–Crippen MR) is 200 cm³/mol. The molecule has 0 aromatic carbocycles. The maximum atomic E-state index is 15.1. The lowest BCUT2D eigenvalue weighted by atomic mass is 9.70. The first-order chi connectivity index (χ1) is 24.6. The van der Waals surface area contributed by atoms with E-state index in [0.717, 1.165) is 77.0 Å². The number of Topliss-reactive ketones (excluding diaryl/α,β-unsaturated/α-hetero) is 2. The number of nitrogens with zero attached hydrogens (tertiary/aromatic N) is 1. The number of likely N-dealkylation sites (tertiary alicyclic amines) is 1. The third-order valence-corrected chi connectivity index (χ3v) is 13.4. The predicted octanol–water partition coefficient (Wildman–Crippen LogP) is 5.51. The molecule has 0 aromatic heterocycles. The average Bonchev–Trinajstić information content (AvgIpc) is 3.67. The van der Waals surface area contributed by atoms with Gasteiger partial charge in [0.1, 0.15) is 17.9 Å². The normalized spacial score (nSPS) is 26.7. The summed E-state index contributed by atoms with van der Waals surface area (Å²) in [7, 11) is 0. The van der Waals surface area contributed by atoms with Crippen LogP contribution in [0.3, 0.4) is 0 Å². The second-order valence-electron chi connectivity index (χ2n) is 18.3. The molecule has 5 atom stereocenters. The van der Waals surface area contributed by atoms with Crippen molar-refractivity contribution in [3.05, 3.63) is 12.7 Å². The van der Waals surface area contributed by atoms with Gasteiger partial charge >= 0.3 is 6.03 Å². The smallest absolute Gasteiger partial charge is 0.315 e. The summed E-state index contributed by atoms with van der Waals surface area (Å²) in [5, 5.41) is 11.9. The molecule has 5 amide bonds. The minimum Gasteiger partial charge on any atom is -0.346 e.